The highest BCUT2D eigenvalue weighted by atomic mass is 35.5. The number of amides is 1. The maximum atomic E-state index is 13.0. The number of hydrogen-bond donors (Lipinski definition) is 0. The van der Waals surface area contributed by atoms with E-state index in [-0.39, 0.29) is 11.9 Å². The number of rotatable bonds is 9. The van der Waals surface area contributed by atoms with Crippen LogP contribution in [0.3, 0.4) is 0 Å². The molecule has 2 aliphatic rings. The van der Waals surface area contributed by atoms with Crippen molar-refractivity contribution in [2.45, 2.75) is 25.0 Å². The minimum Gasteiger partial charge on any atom is -0.497 e. The van der Waals surface area contributed by atoms with E-state index in [1.165, 1.54) is 0 Å². The van der Waals surface area contributed by atoms with Crippen LogP contribution in [0.15, 0.2) is 48.5 Å². The number of carbonyl (C=O) groups excluding carboxylic acids is 1. The van der Waals surface area contributed by atoms with E-state index in [4.69, 9.17) is 25.8 Å². The largest absolute Gasteiger partial charge is 0.497 e. The van der Waals surface area contributed by atoms with E-state index in [0.29, 0.717) is 17.3 Å². The average molecular weight is 445 g/mol. The molecule has 0 unspecified atom stereocenters. The van der Waals surface area contributed by atoms with Crippen LogP contribution in [0, 0.1) is 0 Å². The summed E-state index contributed by atoms with van der Waals surface area (Å²) in [5.41, 5.74) is 1.00. The predicted molar refractivity (Wildman–Crippen MR) is 120 cm³/mol. The second-order valence-electron chi connectivity index (χ2n) is 7.88. The number of ether oxygens (including phenoxy) is 3. The Balaban J connectivity index is 1.43. The molecule has 0 radical (unpaired) electrons. The van der Waals surface area contributed by atoms with Crippen LogP contribution < -0.4 is 9.47 Å². The van der Waals surface area contributed by atoms with E-state index in [1.807, 2.05) is 41.3 Å². The van der Waals surface area contributed by atoms with E-state index in [1.54, 1.807) is 19.2 Å². The third kappa shape index (κ3) is 5.14. The third-order valence-electron chi connectivity index (χ3n) is 5.90. The molecule has 2 atom stereocenters. The number of hydrogen-bond acceptors (Lipinski definition) is 5. The van der Waals surface area contributed by atoms with E-state index < -0.39 is 6.10 Å². The molecule has 0 bridgehead atoms. The molecular formula is C24H29ClN2O4. The molecule has 0 spiro atoms. The molecule has 0 aliphatic carbocycles. The van der Waals surface area contributed by atoms with Gasteiger partial charge in [0, 0.05) is 19.6 Å². The van der Waals surface area contributed by atoms with Crippen LogP contribution >= 0.6 is 11.6 Å². The van der Waals surface area contributed by atoms with Gasteiger partial charge >= 0.3 is 0 Å². The highest BCUT2D eigenvalue weighted by Gasteiger charge is 2.50. The van der Waals surface area contributed by atoms with Gasteiger partial charge in [-0.05, 0) is 49.2 Å². The van der Waals surface area contributed by atoms with Crippen molar-refractivity contribution in [1.29, 1.82) is 0 Å². The van der Waals surface area contributed by atoms with Crippen LogP contribution in [0.4, 0.5) is 0 Å². The fourth-order valence-corrected chi connectivity index (χ4v) is 4.36. The van der Waals surface area contributed by atoms with Crippen LogP contribution in [0.2, 0.25) is 5.02 Å². The first kappa shape index (κ1) is 21.9. The second-order valence-corrected chi connectivity index (χ2v) is 8.29. The standard InChI is InChI=1S/C24H29ClN2O4/c1-29-19-8-6-7-18(17-19)22-23(31-21-10-3-2-9-20(21)25)24(28)27(22)12-5-4-11-26-13-15-30-16-14-26/h2-3,6-10,17,22-23H,4-5,11-16H2,1H3/t22-,23-/m0/s1. The smallest absolute Gasteiger partial charge is 0.266 e. The lowest BCUT2D eigenvalue weighted by atomic mass is 9.90. The zero-order chi connectivity index (χ0) is 21.6. The van der Waals surface area contributed by atoms with E-state index in [9.17, 15) is 4.79 Å². The Morgan fingerprint density at radius 1 is 1.06 bits per heavy atom. The minimum atomic E-state index is -0.591. The van der Waals surface area contributed by atoms with Gasteiger partial charge in [0.2, 0.25) is 6.10 Å². The number of morpholine rings is 1. The number of halogens is 1. The Labute approximate surface area is 188 Å². The van der Waals surface area contributed by atoms with Crippen molar-refractivity contribution in [3.8, 4) is 11.5 Å². The fraction of sp³-hybridized carbons (Fsp3) is 0.458. The van der Waals surface area contributed by atoms with Gasteiger partial charge in [-0.1, -0.05) is 35.9 Å². The van der Waals surface area contributed by atoms with Gasteiger partial charge in [0.05, 0.1) is 25.3 Å². The molecule has 166 valence electrons. The Kier molecular flexibility index (Phi) is 7.33. The van der Waals surface area contributed by atoms with Gasteiger partial charge in [0.25, 0.3) is 5.91 Å². The van der Waals surface area contributed by atoms with Gasteiger partial charge in [0.1, 0.15) is 17.5 Å². The van der Waals surface area contributed by atoms with Crippen molar-refractivity contribution in [3.63, 3.8) is 0 Å². The quantitative estimate of drug-likeness (QED) is 0.435. The number of nitrogens with zero attached hydrogens (tertiary/aromatic N) is 2. The molecule has 31 heavy (non-hydrogen) atoms. The van der Waals surface area contributed by atoms with Crippen LogP contribution in [0.5, 0.6) is 11.5 Å². The highest BCUT2D eigenvalue weighted by Crippen LogP contribution is 2.40. The van der Waals surface area contributed by atoms with Crippen molar-refractivity contribution in [1.82, 2.24) is 9.80 Å². The first-order valence-electron chi connectivity index (χ1n) is 10.8. The first-order chi connectivity index (χ1) is 15.2. The molecule has 2 aromatic carbocycles. The van der Waals surface area contributed by atoms with Crippen molar-refractivity contribution in [3.05, 3.63) is 59.1 Å². The maximum absolute atomic E-state index is 13.0. The van der Waals surface area contributed by atoms with Crippen LogP contribution in [-0.2, 0) is 9.53 Å². The molecule has 2 fully saturated rings. The Morgan fingerprint density at radius 2 is 1.84 bits per heavy atom. The summed E-state index contributed by atoms with van der Waals surface area (Å²) in [6.45, 7) is 5.33. The summed E-state index contributed by atoms with van der Waals surface area (Å²) in [6.07, 6.45) is 1.40. The van der Waals surface area contributed by atoms with E-state index in [0.717, 1.165) is 57.0 Å². The van der Waals surface area contributed by atoms with Crippen LogP contribution in [0.1, 0.15) is 24.4 Å². The maximum Gasteiger partial charge on any atom is 0.266 e. The highest BCUT2D eigenvalue weighted by molar-refractivity contribution is 6.32. The average Bonchev–Trinajstić information content (AvgIpc) is 2.81. The predicted octanol–water partition coefficient (Wildman–Crippen LogP) is 3.79. The van der Waals surface area contributed by atoms with Gasteiger partial charge in [-0.25, -0.2) is 0 Å². The second kappa shape index (κ2) is 10.4. The van der Waals surface area contributed by atoms with Gasteiger partial charge in [-0.15, -0.1) is 0 Å². The lowest BCUT2D eigenvalue weighted by Gasteiger charge is -2.47. The number of benzene rings is 2. The number of methoxy groups -OCH3 is 1. The SMILES string of the molecule is COc1cccc([C@H]2[C@H](Oc3ccccc3Cl)C(=O)N2CCCCN2CCOCC2)c1. The first-order valence-corrected chi connectivity index (χ1v) is 11.2. The van der Waals surface area contributed by atoms with Crippen LogP contribution in [-0.4, -0.2) is 68.3 Å². The van der Waals surface area contributed by atoms with Gasteiger partial charge in [0.15, 0.2) is 0 Å². The Hall–Kier alpha value is -2.28. The molecule has 4 rings (SSSR count). The van der Waals surface area contributed by atoms with Gasteiger partial charge < -0.3 is 19.1 Å². The zero-order valence-electron chi connectivity index (χ0n) is 17.8. The monoisotopic (exact) mass is 444 g/mol. The summed E-state index contributed by atoms with van der Waals surface area (Å²) in [6, 6.07) is 14.9. The molecule has 2 aliphatic heterocycles. The van der Waals surface area contributed by atoms with Gasteiger partial charge in [-0.3, -0.25) is 9.69 Å². The Morgan fingerprint density at radius 3 is 2.61 bits per heavy atom. The molecule has 1 amide bonds. The van der Waals surface area contributed by atoms with Crippen LogP contribution in [0.25, 0.3) is 0 Å². The number of para-hydroxylation sites is 1. The third-order valence-corrected chi connectivity index (χ3v) is 6.21. The molecule has 2 aromatic rings. The van der Waals surface area contributed by atoms with Crippen molar-refractivity contribution < 1.29 is 19.0 Å². The van der Waals surface area contributed by atoms with E-state index in [2.05, 4.69) is 4.90 Å². The minimum absolute atomic E-state index is 0.000822. The summed E-state index contributed by atoms with van der Waals surface area (Å²) < 4.78 is 16.9. The fourth-order valence-electron chi connectivity index (χ4n) is 4.18. The summed E-state index contributed by atoms with van der Waals surface area (Å²) in [4.78, 5) is 17.3. The molecule has 2 heterocycles. The number of β-lactam (4-membered cyclic amide) rings is 1. The summed E-state index contributed by atoms with van der Waals surface area (Å²) in [7, 11) is 1.65. The summed E-state index contributed by atoms with van der Waals surface area (Å²) in [5, 5.41) is 0.503. The van der Waals surface area contributed by atoms with Crippen molar-refractivity contribution >= 4 is 17.5 Å². The topological polar surface area (TPSA) is 51.2 Å². The van der Waals surface area contributed by atoms with Crippen molar-refractivity contribution in [2.24, 2.45) is 0 Å². The van der Waals surface area contributed by atoms with Gasteiger partial charge in [-0.2, -0.15) is 0 Å². The molecular weight excluding hydrogens is 416 g/mol. The zero-order valence-corrected chi connectivity index (χ0v) is 18.6. The molecule has 7 heteroatoms. The summed E-state index contributed by atoms with van der Waals surface area (Å²) >= 11 is 6.27. The normalized spacial score (nSPS) is 21.6. The molecule has 0 saturated carbocycles. The Bertz CT molecular complexity index is 887. The molecule has 0 N–H and O–H groups in total. The molecule has 0 aromatic heterocycles. The molecule has 2 saturated heterocycles. The lowest BCUT2D eigenvalue weighted by Crippen LogP contribution is -2.61. The molecule has 6 nitrogen and oxygen atoms in total. The number of unbranched alkanes of at least 4 members (excludes halogenated alkanes) is 1. The number of carbonyl (C=O) groups is 1. The van der Waals surface area contributed by atoms with E-state index >= 15 is 0 Å². The summed E-state index contributed by atoms with van der Waals surface area (Å²) in [5.74, 6) is 1.29. The number of likely N-dealkylation sites (tertiary alicyclic amines) is 1. The van der Waals surface area contributed by atoms with Crippen molar-refractivity contribution in [2.75, 3.05) is 46.5 Å². The lowest BCUT2D eigenvalue weighted by molar-refractivity contribution is -0.164.